The second-order valence-electron chi connectivity index (χ2n) is 3.46. The second-order valence-corrected chi connectivity index (χ2v) is 3.89. The Bertz CT molecular complexity index is 536. The van der Waals surface area contributed by atoms with E-state index in [0.717, 1.165) is 10.9 Å². The first-order chi connectivity index (χ1) is 7.61. The van der Waals surface area contributed by atoms with E-state index in [1.807, 2.05) is 12.1 Å². The molecule has 5 heteroatoms. The Hall–Kier alpha value is -1.52. The number of nitrogens with one attached hydrogen (secondary N) is 1. The Balaban J connectivity index is 2.43. The fourth-order valence-corrected chi connectivity index (χ4v) is 1.72. The lowest BCUT2D eigenvalue weighted by Crippen LogP contribution is -2.22. The van der Waals surface area contributed by atoms with Gasteiger partial charge in [-0.15, -0.1) is 0 Å². The van der Waals surface area contributed by atoms with Crippen LogP contribution in [0.5, 0.6) is 0 Å². The minimum Gasteiger partial charge on any atom is -0.468 e. The summed E-state index contributed by atoms with van der Waals surface area (Å²) in [4.78, 5) is 14.3. The van der Waals surface area contributed by atoms with Gasteiger partial charge in [0, 0.05) is 16.2 Å². The number of hydrogen-bond acceptors (Lipinski definition) is 3. The molecule has 0 saturated heterocycles. The summed E-state index contributed by atoms with van der Waals surface area (Å²) in [5.74, 6) is -0.474. The molecule has 0 saturated carbocycles. The van der Waals surface area contributed by atoms with E-state index >= 15 is 0 Å². The van der Waals surface area contributed by atoms with E-state index in [9.17, 15) is 4.79 Å². The van der Waals surface area contributed by atoms with E-state index in [1.54, 1.807) is 12.1 Å². The zero-order valence-corrected chi connectivity index (χ0v) is 9.41. The van der Waals surface area contributed by atoms with Crippen molar-refractivity contribution in [2.75, 3.05) is 7.11 Å². The standard InChI is InChI=1S/C11H11ClN2O2/c1-16-11(15)10(13)9-4-6-2-3-7(12)5-8(6)14-9/h2-5,10,14H,13H2,1H3. The molecule has 4 nitrogen and oxygen atoms in total. The summed E-state index contributed by atoms with van der Waals surface area (Å²) in [6.07, 6.45) is 0. The first-order valence-electron chi connectivity index (χ1n) is 4.73. The zero-order chi connectivity index (χ0) is 11.7. The molecular formula is C11H11ClN2O2. The lowest BCUT2D eigenvalue weighted by atomic mass is 10.2. The van der Waals surface area contributed by atoms with Gasteiger partial charge in [0.15, 0.2) is 0 Å². The maximum atomic E-state index is 11.3. The lowest BCUT2D eigenvalue weighted by Gasteiger charge is -2.05. The van der Waals surface area contributed by atoms with Crippen molar-refractivity contribution >= 4 is 28.5 Å². The number of halogens is 1. The van der Waals surface area contributed by atoms with Crippen molar-refractivity contribution in [1.82, 2.24) is 4.98 Å². The summed E-state index contributed by atoms with van der Waals surface area (Å²) in [5, 5.41) is 1.59. The highest BCUT2D eigenvalue weighted by Gasteiger charge is 2.18. The van der Waals surface area contributed by atoms with E-state index in [0.29, 0.717) is 10.7 Å². The normalized spacial score (nSPS) is 12.7. The maximum Gasteiger partial charge on any atom is 0.328 e. The summed E-state index contributed by atoms with van der Waals surface area (Å²) in [6, 6.07) is 6.45. The maximum absolute atomic E-state index is 11.3. The zero-order valence-electron chi connectivity index (χ0n) is 8.66. The number of aromatic amines is 1. The number of rotatable bonds is 2. The van der Waals surface area contributed by atoms with Gasteiger partial charge in [0.1, 0.15) is 6.04 Å². The summed E-state index contributed by atoms with van der Waals surface area (Å²) in [6.45, 7) is 0. The van der Waals surface area contributed by atoms with E-state index in [2.05, 4.69) is 9.72 Å². The molecule has 3 N–H and O–H groups in total. The Morgan fingerprint density at radius 3 is 2.94 bits per heavy atom. The summed E-state index contributed by atoms with van der Waals surface area (Å²) in [5.41, 5.74) is 7.18. The van der Waals surface area contributed by atoms with Gasteiger partial charge in [0.05, 0.1) is 7.11 Å². The van der Waals surface area contributed by atoms with Gasteiger partial charge in [-0.25, -0.2) is 4.79 Å². The van der Waals surface area contributed by atoms with Crippen LogP contribution >= 0.6 is 11.6 Å². The predicted molar refractivity (Wildman–Crippen MR) is 62.3 cm³/mol. The quantitative estimate of drug-likeness (QED) is 0.787. The highest BCUT2D eigenvalue weighted by atomic mass is 35.5. The van der Waals surface area contributed by atoms with Crippen molar-refractivity contribution in [3.8, 4) is 0 Å². The molecule has 0 aliphatic heterocycles. The van der Waals surface area contributed by atoms with Crippen LogP contribution in [-0.2, 0) is 9.53 Å². The van der Waals surface area contributed by atoms with Gasteiger partial charge in [0.2, 0.25) is 0 Å². The first kappa shape index (κ1) is 11.0. The van der Waals surface area contributed by atoms with E-state index in [4.69, 9.17) is 17.3 Å². The topological polar surface area (TPSA) is 68.1 Å². The van der Waals surface area contributed by atoms with Crippen LogP contribution in [0.2, 0.25) is 5.02 Å². The molecule has 1 unspecified atom stereocenters. The van der Waals surface area contributed by atoms with Crippen LogP contribution in [0, 0.1) is 0 Å². The van der Waals surface area contributed by atoms with Gasteiger partial charge in [-0.3, -0.25) is 0 Å². The Kier molecular flexibility index (Phi) is 2.85. The van der Waals surface area contributed by atoms with Crippen LogP contribution in [0.1, 0.15) is 11.7 Å². The van der Waals surface area contributed by atoms with Crippen molar-refractivity contribution in [3.63, 3.8) is 0 Å². The highest BCUT2D eigenvalue weighted by molar-refractivity contribution is 6.31. The molecule has 0 aliphatic rings. The van der Waals surface area contributed by atoms with Gasteiger partial charge < -0.3 is 15.5 Å². The number of esters is 1. The number of aromatic nitrogens is 1. The minimum absolute atomic E-state index is 0.474. The number of hydrogen-bond donors (Lipinski definition) is 2. The second kappa shape index (κ2) is 4.15. The Morgan fingerprint density at radius 1 is 1.50 bits per heavy atom. The minimum atomic E-state index is -0.795. The summed E-state index contributed by atoms with van der Waals surface area (Å²) >= 11 is 5.85. The molecule has 1 aromatic carbocycles. The van der Waals surface area contributed by atoms with Crippen molar-refractivity contribution in [2.24, 2.45) is 5.73 Å². The van der Waals surface area contributed by atoms with Crippen LogP contribution in [0.3, 0.4) is 0 Å². The number of fused-ring (bicyclic) bond motifs is 1. The Morgan fingerprint density at radius 2 is 2.25 bits per heavy atom. The van der Waals surface area contributed by atoms with E-state index in [-0.39, 0.29) is 0 Å². The van der Waals surface area contributed by atoms with Crippen LogP contribution in [0.25, 0.3) is 10.9 Å². The molecule has 2 rings (SSSR count). The summed E-state index contributed by atoms with van der Waals surface area (Å²) in [7, 11) is 1.31. The average Bonchev–Trinajstić information content (AvgIpc) is 2.69. The van der Waals surface area contributed by atoms with Crippen LogP contribution in [-0.4, -0.2) is 18.1 Å². The molecule has 1 heterocycles. The van der Waals surface area contributed by atoms with Crippen molar-refractivity contribution < 1.29 is 9.53 Å². The molecule has 16 heavy (non-hydrogen) atoms. The smallest absolute Gasteiger partial charge is 0.328 e. The predicted octanol–water partition coefficient (Wildman–Crippen LogP) is 1.99. The molecule has 0 bridgehead atoms. The molecule has 0 fully saturated rings. The average molecular weight is 239 g/mol. The van der Waals surface area contributed by atoms with Crippen molar-refractivity contribution in [1.29, 1.82) is 0 Å². The SMILES string of the molecule is COC(=O)C(N)c1cc2ccc(Cl)cc2[nH]1. The van der Waals surface area contributed by atoms with Crippen LogP contribution in [0.4, 0.5) is 0 Å². The molecule has 84 valence electrons. The number of benzene rings is 1. The van der Waals surface area contributed by atoms with Gasteiger partial charge in [-0.05, 0) is 23.6 Å². The third-order valence-corrected chi connectivity index (χ3v) is 2.63. The largest absolute Gasteiger partial charge is 0.468 e. The van der Waals surface area contributed by atoms with Crippen LogP contribution in [0.15, 0.2) is 24.3 Å². The lowest BCUT2D eigenvalue weighted by molar-refractivity contribution is -0.142. The molecule has 0 radical (unpaired) electrons. The molecule has 0 amide bonds. The molecule has 0 spiro atoms. The van der Waals surface area contributed by atoms with E-state index in [1.165, 1.54) is 7.11 Å². The third-order valence-electron chi connectivity index (χ3n) is 2.40. The molecule has 1 aromatic heterocycles. The monoisotopic (exact) mass is 238 g/mol. The van der Waals surface area contributed by atoms with E-state index < -0.39 is 12.0 Å². The molecule has 2 aromatic rings. The molecule has 0 aliphatic carbocycles. The van der Waals surface area contributed by atoms with Crippen molar-refractivity contribution in [3.05, 3.63) is 35.0 Å². The highest BCUT2D eigenvalue weighted by Crippen LogP contribution is 2.22. The van der Waals surface area contributed by atoms with Gasteiger partial charge in [-0.2, -0.15) is 0 Å². The Labute approximate surface area is 97.3 Å². The van der Waals surface area contributed by atoms with Gasteiger partial charge in [-0.1, -0.05) is 17.7 Å². The number of methoxy groups -OCH3 is 1. The summed E-state index contributed by atoms with van der Waals surface area (Å²) < 4.78 is 4.58. The number of ether oxygens (including phenoxy) is 1. The number of nitrogens with two attached hydrogens (primary N) is 1. The number of H-pyrrole nitrogens is 1. The van der Waals surface area contributed by atoms with Gasteiger partial charge in [0.25, 0.3) is 0 Å². The molecule has 1 atom stereocenters. The molecular weight excluding hydrogens is 228 g/mol. The van der Waals surface area contributed by atoms with Crippen LogP contribution < -0.4 is 5.73 Å². The number of carbonyl (C=O) groups is 1. The fraction of sp³-hybridized carbons (Fsp3) is 0.182. The fourth-order valence-electron chi connectivity index (χ4n) is 1.54. The van der Waals surface area contributed by atoms with Crippen molar-refractivity contribution in [2.45, 2.75) is 6.04 Å². The first-order valence-corrected chi connectivity index (χ1v) is 5.11. The van der Waals surface area contributed by atoms with Gasteiger partial charge >= 0.3 is 5.97 Å². The third kappa shape index (κ3) is 1.89. The number of carbonyl (C=O) groups excluding carboxylic acids is 1.